The quantitative estimate of drug-likeness (QED) is 0.0315. The molecule has 0 atom stereocenters. The number of rotatable bonds is 20. The number of methoxy groups -OCH3 is 2. The van der Waals surface area contributed by atoms with Gasteiger partial charge in [0.15, 0.2) is 5.16 Å². The molecule has 0 radical (unpaired) electrons. The van der Waals surface area contributed by atoms with E-state index in [9.17, 15) is 18.1 Å². The molecular formula is C43H49N13O6S4. The molecule has 0 fully saturated rings. The molecule has 0 aliphatic carbocycles. The fourth-order valence-corrected chi connectivity index (χ4v) is 10.2. The molecule has 4 aromatic carbocycles. The Morgan fingerprint density at radius 1 is 0.697 bits per heavy atom. The fraction of sp³-hybridized carbons (Fsp3) is 0.326. The molecule has 0 amide bonds. The van der Waals surface area contributed by atoms with Crippen molar-refractivity contribution in [3.8, 4) is 11.5 Å². The number of aliphatic hydroxyl groups is 1. The molecule has 7 rings (SSSR count). The zero-order valence-corrected chi connectivity index (χ0v) is 40.8. The van der Waals surface area contributed by atoms with Crippen molar-refractivity contribution in [3.63, 3.8) is 0 Å². The van der Waals surface area contributed by atoms with Crippen molar-refractivity contribution in [1.29, 1.82) is 0 Å². The summed E-state index contributed by atoms with van der Waals surface area (Å²) in [5, 5.41) is 35.9. The zero-order chi connectivity index (χ0) is 47.1. The van der Waals surface area contributed by atoms with E-state index in [1.807, 2.05) is 57.2 Å². The van der Waals surface area contributed by atoms with Crippen molar-refractivity contribution >= 4 is 121 Å². The Morgan fingerprint density at radius 3 is 1.68 bits per heavy atom. The third-order valence-electron chi connectivity index (χ3n) is 10.3. The molecule has 0 aliphatic rings. The zero-order valence-electron chi connectivity index (χ0n) is 37.5. The molecule has 19 nitrogen and oxygen atoms in total. The van der Waals surface area contributed by atoms with E-state index in [1.54, 1.807) is 27.2 Å². The summed E-state index contributed by atoms with van der Waals surface area (Å²) >= 11 is 3.83. The number of hydrogen-bond acceptors (Lipinski definition) is 21. The van der Waals surface area contributed by atoms with E-state index in [2.05, 4.69) is 64.7 Å². The summed E-state index contributed by atoms with van der Waals surface area (Å²) < 4.78 is 47.1. The van der Waals surface area contributed by atoms with Crippen LogP contribution in [0.2, 0.25) is 0 Å². The number of fused-ring (bicyclic) bond motifs is 2. The maximum atomic E-state index is 12.0. The minimum atomic E-state index is -4.44. The van der Waals surface area contributed by atoms with Gasteiger partial charge in [-0.3, -0.25) is 4.55 Å². The lowest BCUT2D eigenvalue weighted by Gasteiger charge is -2.25. The topological polar surface area (TPSA) is 237 Å². The Kier molecular flexibility index (Phi) is 15.2. The standard InChI is InChI=1S/C43H49N13O6S4/c1-9-55(10-2)32-20-28(30(22-34(32)61-7)51-53-42-46-26-15-13-14-24(5)37(26)64-42)44-39-48-40(50-41(49-39)63-19-18-57)45-29-21-33(56(11-3)12-4)35(62-8)23-31(29)52-54-43-47-27-16-17-36(66(58,59)60)25(6)38(27)65-43/h13-17,20-23,57H,9-12,18-19H2,1-8H3,(H,58,59,60)(H2,44,45,48,49,50)/b53-51+,54-52+. The monoisotopic (exact) mass is 971 g/mol. The van der Waals surface area contributed by atoms with Crippen LogP contribution in [0.25, 0.3) is 20.4 Å². The normalized spacial score (nSPS) is 11.9. The van der Waals surface area contributed by atoms with Crippen LogP contribution in [0, 0.1) is 13.8 Å². The number of nitrogens with zero attached hydrogens (tertiary/aromatic N) is 11. The van der Waals surface area contributed by atoms with Crippen molar-refractivity contribution < 1.29 is 27.6 Å². The molecule has 3 heterocycles. The van der Waals surface area contributed by atoms with E-state index in [0.717, 1.165) is 38.5 Å². The third kappa shape index (κ3) is 10.6. The Bertz CT molecular complexity index is 3040. The van der Waals surface area contributed by atoms with E-state index in [-0.39, 0.29) is 28.5 Å². The summed E-state index contributed by atoms with van der Waals surface area (Å²) in [4.78, 5) is 27.6. The summed E-state index contributed by atoms with van der Waals surface area (Å²) in [5.74, 6) is 1.79. The van der Waals surface area contributed by atoms with Crippen LogP contribution in [0.4, 0.5) is 56.3 Å². The summed E-state index contributed by atoms with van der Waals surface area (Å²) in [5.41, 5.74) is 6.20. The molecule has 4 N–H and O–H groups in total. The maximum Gasteiger partial charge on any atom is 0.294 e. The number of ether oxygens (including phenoxy) is 2. The summed E-state index contributed by atoms with van der Waals surface area (Å²) in [6.45, 7) is 14.5. The van der Waals surface area contributed by atoms with Gasteiger partial charge < -0.3 is 35.0 Å². The average Bonchev–Trinajstić information content (AvgIpc) is 3.93. The van der Waals surface area contributed by atoms with Crippen LogP contribution >= 0.6 is 34.4 Å². The first kappa shape index (κ1) is 47.8. The van der Waals surface area contributed by atoms with Gasteiger partial charge in [-0.05, 0) is 83.0 Å². The molecule has 0 aliphatic heterocycles. The van der Waals surface area contributed by atoms with Gasteiger partial charge in [0.1, 0.15) is 22.9 Å². The van der Waals surface area contributed by atoms with Gasteiger partial charge >= 0.3 is 0 Å². The third-order valence-corrected chi connectivity index (χ3v) is 14.3. The molecule has 0 bridgehead atoms. The molecular weight excluding hydrogens is 923 g/mol. The number of hydrogen-bond donors (Lipinski definition) is 4. The molecule has 0 spiro atoms. The van der Waals surface area contributed by atoms with Crippen LogP contribution in [0.5, 0.6) is 11.5 Å². The van der Waals surface area contributed by atoms with Gasteiger partial charge in [-0.25, -0.2) is 9.97 Å². The number of aryl methyl sites for hydroxylation is 2. The lowest BCUT2D eigenvalue weighted by atomic mass is 10.2. The average molecular weight is 972 g/mol. The summed E-state index contributed by atoms with van der Waals surface area (Å²) in [6.07, 6.45) is 0. The minimum absolute atomic E-state index is 0.109. The highest BCUT2D eigenvalue weighted by molar-refractivity contribution is 7.99. The SMILES string of the molecule is CCN(CC)c1cc(Nc2nc(Nc3cc(N(CC)CC)c(OC)cc3/N=N/c3nc4ccc(S(=O)(=O)O)c(C)c4s3)nc(SCCO)n2)c(/N=N/c2nc3cccc(C)c3s2)cc1OC. The molecule has 346 valence electrons. The van der Waals surface area contributed by atoms with Crippen LogP contribution in [0.3, 0.4) is 0 Å². The smallest absolute Gasteiger partial charge is 0.294 e. The second-order valence-electron chi connectivity index (χ2n) is 14.3. The van der Waals surface area contributed by atoms with Crippen LogP contribution in [0.15, 0.2) is 85.1 Å². The number of nitrogens with one attached hydrogen (secondary N) is 2. The first-order chi connectivity index (χ1) is 31.8. The Morgan fingerprint density at radius 2 is 1.21 bits per heavy atom. The predicted octanol–water partition coefficient (Wildman–Crippen LogP) is 11.1. The van der Waals surface area contributed by atoms with Gasteiger partial charge in [-0.15, -0.1) is 20.5 Å². The fourth-order valence-electron chi connectivity index (χ4n) is 7.07. The number of anilines is 6. The van der Waals surface area contributed by atoms with Crippen LogP contribution in [-0.2, 0) is 10.1 Å². The number of azo groups is 2. The van der Waals surface area contributed by atoms with Gasteiger partial charge in [-0.2, -0.15) is 23.4 Å². The van der Waals surface area contributed by atoms with Crippen LogP contribution in [0.1, 0.15) is 38.8 Å². The van der Waals surface area contributed by atoms with E-state index in [4.69, 9.17) is 24.4 Å². The van der Waals surface area contributed by atoms with E-state index in [1.165, 1.54) is 35.2 Å². The highest BCUT2D eigenvalue weighted by Crippen LogP contribution is 2.44. The van der Waals surface area contributed by atoms with Gasteiger partial charge in [0, 0.05) is 44.1 Å². The highest BCUT2D eigenvalue weighted by Gasteiger charge is 2.21. The molecule has 66 heavy (non-hydrogen) atoms. The van der Waals surface area contributed by atoms with Crippen molar-refractivity contribution in [3.05, 3.63) is 65.7 Å². The molecule has 0 unspecified atom stereocenters. The van der Waals surface area contributed by atoms with Crippen molar-refractivity contribution in [2.24, 2.45) is 20.5 Å². The van der Waals surface area contributed by atoms with E-state index in [0.29, 0.717) is 92.2 Å². The summed E-state index contributed by atoms with van der Waals surface area (Å²) in [7, 11) is -1.26. The highest BCUT2D eigenvalue weighted by atomic mass is 32.2. The number of aromatic nitrogens is 5. The van der Waals surface area contributed by atoms with Gasteiger partial charge in [-0.1, -0.05) is 46.6 Å². The van der Waals surface area contributed by atoms with E-state index >= 15 is 0 Å². The molecule has 3 aromatic heterocycles. The van der Waals surface area contributed by atoms with Crippen molar-refractivity contribution in [2.75, 3.05) is 73.2 Å². The van der Waals surface area contributed by atoms with Crippen molar-refractivity contribution in [1.82, 2.24) is 24.9 Å². The minimum Gasteiger partial charge on any atom is -0.494 e. The summed E-state index contributed by atoms with van der Waals surface area (Å²) in [6, 6.07) is 16.1. The largest absolute Gasteiger partial charge is 0.494 e. The second kappa shape index (κ2) is 21.0. The number of thiazole rings is 2. The lowest BCUT2D eigenvalue weighted by molar-refractivity contribution is 0.322. The van der Waals surface area contributed by atoms with E-state index < -0.39 is 10.1 Å². The van der Waals surface area contributed by atoms with Gasteiger partial charge in [0.2, 0.25) is 22.2 Å². The molecule has 0 saturated heterocycles. The number of thioether (sulfide) groups is 1. The number of aliphatic hydroxyl groups excluding tert-OH is 1. The van der Waals surface area contributed by atoms with Gasteiger partial charge in [0.25, 0.3) is 10.1 Å². The first-order valence-electron chi connectivity index (χ1n) is 20.9. The Hall–Kier alpha value is -6.11. The van der Waals surface area contributed by atoms with Crippen molar-refractivity contribution in [2.45, 2.75) is 51.6 Å². The second-order valence-corrected chi connectivity index (χ2v) is 18.7. The number of benzene rings is 4. The van der Waals surface area contributed by atoms with Crippen LogP contribution < -0.4 is 29.9 Å². The first-order valence-corrected chi connectivity index (χ1v) is 24.9. The lowest BCUT2D eigenvalue weighted by Crippen LogP contribution is -2.22. The Labute approximate surface area is 394 Å². The Balaban J connectivity index is 1.32. The maximum absolute atomic E-state index is 12.0. The predicted molar refractivity (Wildman–Crippen MR) is 264 cm³/mol. The van der Waals surface area contributed by atoms with Gasteiger partial charge in [0.05, 0.1) is 68.9 Å². The van der Waals surface area contributed by atoms with Crippen LogP contribution in [-0.4, -0.2) is 95.8 Å². The molecule has 23 heteroatoms. The molecule has 0 saturated carbocycles. The molecule has 7 aromatic rings.